The molecule has 126 valence electrons. The van der Waals surface area contributed by atoms with Crippen molar-refractivity contribution in [3.8, 4) is 0 Å². The van der Waals surface area contributed by atoms with Crippen molar-refractivity contribution in [2.24, 2.45) is 12.0 Å². The van der Waals surface area contributed by atoms with Crippen LogP contribution in [0.3, 0.4) is 0 Å². The van der Waals surface area contributed by atoms with Crippen LogP contribution in [0.15, 0.2) is 65.7 Å². The Bertz CT molecular complexity index is 944. The number of hydrogen-bond donors (Lipinski definition) is 0. The number of aromatic nitrogens is 2. The number of benzene rings is 1. The second kappa shape index (κ2) is 6.49. The quantitative estimate of drug-likeness (QED) is 0.741. The number of halogens is 1. The van der Waals surface area contributed by atoms with Crippen molar-refractivity contribution >= 4 is 22.9 Å². The topological polar surface area (TPSA) is 30.2 Å². The summed E-state index contributed by atoms with van der Waals surface area (Å²) in [7, 11) is 2.04. The van der Waals surface area contributed by atoms with Gasteiger partial charge in [-0.2, -0.15) is 0 Å². The highest BCUT2D eigenvalue weighted by Crippen LogP contribution is 2.38. The van der Waals surface area contributed by atoms with Crippen LogP contribution in [0.25, 0.3) is 5.57 Å². The van der Waals surface area contributed by atoms with Gasteiger partial charge in [-0.1, -0.05) is 36.7 Å². The highest BCUT2D eigenvalue weighted by atomic mass is 35.5. The van der Waals surface area contributed by atoms with Crippen LogP contribution in [0.2, 0.25) is 5.02 Å². The second-order valence-electron chi connectivity index (χ2n) is 6.58. The van der Waals surface area contributed by atoms with Gasteiger partial charge in [-0.25, -0.2) is 4.98 Å². The Hall–Kier alpha value is -2.39. The van der Waals surface area contributed by atoms with Gasteiger partial charge in [0.25, 0.3) is 0 Å². The van der Waals surface area contributed by atoms with E-state index in [0.29, 0.717) is 0 Å². The molecule has 0 saturated heterocycles. The maximum Gasteiger partial charge on any atom is 0.0945 e. The van der Waals surface area contributed by atoms with Gasteiger partial charge in [0.15, 0.2) is 0 Å². The zero-order valence-electron chi connectivity index (χ0n) is 14.4. The molecule has 3 nitrogen and oxygen atoms in total. The standard InChI is InChI=1S/C21H20ClN3/c1-14(21-12-23-13-25(21)2)18-9-16-5-3-4-8-24-20(16)10-15-6-7-17(22)11-19(15)18/h4-9,11-14H,3,10H2,1-2H3/t14-/m1/s1. The Balaban J connectivity index is 1.92. The van der Waals surface area contributed by atoms with E-state index in [4.69, 9.17) is 11.6 Å². The van der Waals surface area contributed by atoms with E-state index in [-0.39, 0.29) is 5.92 Å². The lowest BCUT2D eigenvalue weighted by Crippen LogP contribution is -2.05. The Labute approximate surface area is 153 Å². The smallest absolute Gasteiger partial charge is 0.0945 e. The molecule has 4 heteroatoms. The first kappa shape index (κ1) is 16.1. The van der Waals surface area contributed by atoms with E-state index in [9.17, 15) is 0 Å². The fourth-order valence-electron chi connectivity index (χ4n) is 3.58. The average Bonchev–Trinajstić information content (AvgIpc) is 2.82. The number of fused-ring (bicyclic) bond motifs is 2. The van der Waals surface area contributed by atoms with E-state index >= 15 is 0 Å². The van der Waals surface area contributed by atoms with E-state index in [1.807, 2.05) is 31.8 Å². The summed E-state index contributed by atoms with van der Waals surface area (Å²) in [5, 5.41) is 0.764. The zero-order valence-corrected chi connectivity index (χ0v) is 15.2. The first-order valence-corrected chi connectivity index (χ1v) is 8.90. The van der Waals surface area contributed by atoms with Gasteiger partial charge < -0.3 is 4.57 Å². The van der Waals surface area contributed by atoms with Crippen LogP contribution in [0.4, 0.5) is 0 Å². The molecule has 2 heterocycles. The average molecular weight is 350 g/mol. The Morgan fingerprint density at radius 2 is 2.16 bits per heavy atom. The summed E-state index contributed by atoms with van der Waals surface area (Å²) in [4.78, 5) is 8.97. The van der Waals surface area contributed by atoms with Gasteiger partial charge >= 0.3 is 0 Å². The molecule has 0 amide bonds. The molecule has 25 heavy (non-hydrogen) atoms. The van der Waals surface area contributed by atoms with Crippen LogP contribution >= 0.6 is 11.6 Å². The first-order valence-electron chi connectivity index (χ1n) is 8.52. The van der Waals surface area contributed by atoms with E-state index in [0.717, 1.165) is 23.6 Å². The fraction of sp³-hybridized carbons (Fsp3) is 0.238. The molecule has 1 aliphatic carbocycles. The molecular formula is C21H20ClN3. The molecule has 1 aliphatic heterocycles. The largest absolute Gasteiger partial charge is 0.337 e. The molecule has 0 fully saturated rings. The van der Waals surface area contributed by atoms with Gasteiger partial charge in [0, 0.05) is 42.5 Å². The predicted octanol–water partition coefficient (Wildman–Crippen LogP) is 5.10. The third-order valence-electron chi connectivity index (χ3n) is 4.96. The third-order valence-corrected chi connectivity index (χ3v) is 5.19. The SMILES string of the molecule is C[C@H](C1=CC2=CCC=CN=C2Cc2ccc(Cl)cc21)c1cncn1C. The van der Waals surface area contributed by atoms with Gasteiger partial charge in [-0.15, -0.1) is 0 Å². The van der Waals surface area contributed by atoms with Crippen LogP contribution < -0.4 is 0 Å². The number of allylic oxidation sites excluding steroid dienone is 5. The van der Waals surface area contributed by atoms with Crippen molar-refractivity contribution in [2.45, 2.75) is 25.7 Å². The maximum absolute atomic E-state index is 6.33. The minimum Gasteiger partial charge on any atom is -0.337 e. The van der Waals surface area contributed by atoms with Crippen LogP contribution in [0.5, 0.6) is 0 Å². The summed E-state index contributed by atoms with van der Waals surface area (Å²) in [6.45, 7) is 2.23. The molecule has 1 aromatic carbocycles. The lowest BCUT2D eigenvalue weighted by molar-refractivity contribution is 0.793. The number of hydrogen-bond acceptors (Lipinski definition) is 2. The molecule has 0 radical (unpaired) electrons. The molecule has 0 spiro atoms. The lowest BCUT2D eigenvalue weighted by atomic mass is 9.88. The molecule has 0 saturated carbocycles. The van der Waals surface area contributed by atoms with Gasteiger partial charge in [0.1, 0.15) is 0 Å². The van der Waals surface area contributed by atoms with Gasteiger partial charge in [-0.3, -0.25) is 4.99 Å². The van der Waals surface area contributed by atoms with Crippen molar-refractivity contribution < 1.29 is 0 Å². The van der Waals surface area contributed by atoms with Crippen LogP contribution in [-0.2, 0) is 13.5 Å². The highest BCUT2D eigenvalue weighted by Gasteiger charge is 2.24. The number of rotatable bonds is 2. The van der Waals surface area contributed by atoms with Crippen molar-refractivity contribution in [1.29, 1.82) is 0 Å². The summed E-state index contributed by atoms with van der Waals surface area (Å²) in [6.07, 6.45) is 14.1. The summed E-state index contributed by atoms with van der Waals surface area (Å²) >= 11 is 6.33. The van der Waals surface area contributed by atoms with Crippen molar-refractivity contribution in [3.05, 3.63) is 82.6 Å². The summed E-state index contributed by atoms with van der Waals surface area (Å²) in [5.41, 5.74) is 7.25. The van der Waals surface area contributed by atoms with E-state index in [1.165, 1.54) is 28.0 Å². The fourth-order valence-corrected chi connectivity index (χ4v) is 3.75. The molecule has 0 unspecified atom stereocenters. The number of nitrogens with zero attached hydrogens (tertiary/aromatic N) is 3. The maximum atomic E-state index is 6.33. The Morgan fingerprint density at radius 3 is 2.96 bits per heavy atom. The minimum atomic E-state index is 0.209. The number of aliphatic imine (C=N–C) groups is 1. The molecule has 0 N–H and O–H groups in total. The second-order valence-corrected chi connectivity index (χ2v) is 7.02. The summed E-state index contributed by atoms with van der Waals surface area (Å²) in [5.74, 6) is 0.209. The van der Waals surface area contributed by atoms with Crippen LogP contribution in [0.1, 0.15) is 36.1 Å². The molecule has 4 rings (SSSR count). The Morgan fingerprint density at radius 1 is 1.28 bits per heavy atom. The lowest BCUT2D eigenvalue weighted by Gasteiger charge is -2.18. The summed E-state index contributed by atoms with van der Waals surface area (Å²) < 4.78 is 2.08. The molecule has 2 aliphatic rings. The normalized spacial score (nSPS) is 17.5. The van der Waals surface area contributed by atoms with Crippen LogP contribution in [0, 0.1) is 0 Å². The first-order chi connectivity index (χ1) is 12.1. The van der Waals surface area contributed by atoms with Crippen molar-refractivity contribution in [1.82, 2.24) is 9.55 Å². The zero-order chi connectivity index (χ0) is 17.4. The van der Waals surface area contributed by atoms with E-state index in [2.05, 4.69) is 51.8 Å². The molecule has 1 aromatic heterocycles. The van der Waals surface area contributed by atoms with Gasteiger partial charge in [-0.05, 0) is 46.9 Å². The predicted molar refractivity (Wildman–Crippen MR) is 104 cm³/mol. The minimum absolute atomic E-state index is 0.209. The summed E-state index contributed by atoms with van der Waals surface area (Å²) in [6, 6.07) is 6.17. The van der Waals surface area contributed by atoms with Crippen molar-refractivity contribution in [3.63, 3.8) is 0 Å². The van der Waals surface area contributed by atoms with Gasteiger partial charge in [0.2, 0.25) is 0 Å². The number of aryl methyl sites for hydroxylation is 1. The third kappa shape index (κ3) is 3.00. The molecule has 0 bridgehead atoms. The van der Waals surface area contributed by atoms with E-state index < -0.39 is 0 Å². The molecule has 1 atom stereocenters. The van der Waals surface area contributed by atoms with Crippen molar-refractivity contribution in [2.75, 3.05) is 0 Å². The number of imidazole rings is 1. The van der Waals surface area contributed by atoms with Crippen LogP contribution in [-0.4, -0.2) is 15.3 Å². The molecular weight excluding hydrogens is 330 g/mol. The van der Waals surface area contributed by atoms with E-state index in [1.54, 1.807) is 0 Å². The Kier molecular flexibility index (Phi) is 4.18. The monoisotopic (exact) mass is 349 g/mol. The highest BCUT2D eigenvalue weighted by molar-refractivity contribution is 6.30. The van der Waals surface area contributed by atoms with Gasteiger partial charge in [0.05, 0.1) is 12.0 Å². The molecule has 2 aromatic rings.